The fraction of sp³-hybridized carbons (Fsp3) is 0.258. The zero-order chi connectivity index (χ0) is 62.6. The van der Waals surface area contributed by atoms with Gasteiger partial charge in [-0.1, -0.05) is 168 Å². The summed E-state index contributed by atoms with van der Waals surface area (Å²) in [7, 11) is 0. The van der Waals surface area contributed by atoms with E-state index in [4.69, 9.17) is 6.57 Å². The molecule has 6 radical (unpaired) electrons. The summed E-state index contributed by atoms with van der Waals surface area (Å²) < 4.78 is 46.2. The predicted molar refractivity (Wildman–Crippen MR) is 316 cm³/mol. The van der Waals surface area contributed by atoms with E-state index in [0.717, 1.165) is 57.2 Å². The molecule has 31 heteroatoms. The van der Waals surface area contributed by atoms with Crippen LogP contribution in [0.4, 0.5) is 19.0 Å². The van der Waals surface area contributed by atoms with Crippen LogP contribution in [0.1, 0.15) is 111 Å². The van der Waals surface area contributed by atoms with Crippen LogP contribution in [0.2, 0.25) is 0 Å². The molecule has 0 aromatic carbocycles. The topological polar surface area (TPSA) is 227 Å². The molecule has 0 bridgehead atoms. The maximum absolute atomic E-state index is 12.2. The number of nitrogens with zero attached hydrogens (tertiary/aromatic N) is 22. The molecular formula is C62H61F3Ir6N22-6. The number of imidazole rings is 3. The number of hydrogen-bond donors (Lipinski definition) is 0. The molecule has 22 nitrogen and oxygen atoms in total. The smallest absolute Gasteiger partial charge is 0.391 e. The Balaban J connectivity index is 0.000000551. The quantitative estimate of drug-likeness (QED) is 0.135. The van der Waals surface area contributed by atoms with Crippen LogP contribution >= 0.6 is 0 Å². The summed E-state index contributed by atoms with van der Waals surface area (Å²) in [6.45, 7) is 29.9. The van der Waals surface area contributed by atoms with Crippen molar-refractivity contribution in [2.75, 3.05) is 0 Å². The van der Waals surface area contributed by atoms with Gasteiger partial charge in [0.15, 0.2) is 6.33 Å². The van der Waals surface area contributed by atoms with Gasteiger partial charge in [-0.15, -0.1) is 0 Å². The molecule has 500 valence electrons. The molecular weight excluding hydrogens is 2260 g/mol. The third-order valence-electron chi connectivity index (χ3n) is 11.4. The van der Waals surface area contributed by atoms with Crippen molar-refractivity contribution in [3.05, 3.63) is 243 Å². The van der Waals surface area contributed by atoms with Gasteiger partial charge in [-0.05, 0) is 64.6 Å². The Bertz CT molecular complexity index is 3780. The molecule has 12 aromatic rings. The molecule has 0 fully saturated rings. The third-order valence-corrected chi connectivity index (χ3v) is 11.4. The van der Waals surface area contributed by atoms with Crippen molar-refractivity contribution < 1.29 is 134 Å². The Labute approximate surface area is 619 Å². The zero-order valence-electron chi connectivity index (χ0n) is 51.6. The zero-order valence-corrected chi connectivity index (χ0v) is 66.0. The van der Waals surface area contributed by atoms with Crippen LogP contribution in [0.5, 0.6) is 0 Å². The average Bonchev–Trinajstić information content (AvgIpc) is 1.87. The van der Waals surface area contributed by atoms with Gasteiger partial charge in [0.1, 0.15) is 5.82 Å². The molecule has 12 heterocycles. The van der Waals surface area contributed by atoms with E-state index in [0.29, 0.717) is 23.4 Å². The Morgan fingerprint density at radius 2 is 0.849 bits per heavy atom. The number of aromatic nitrogens is 21. The van der Waals surface area contributed by atoms with E-state index in [1.54, 1.807) is 69.1 Å². The fourth-order valence-corrected chi connectivity index (χ4v) is 7.00. The van der Waals surface area contributed by atoms with Gasteiger partial charge in [0.25, 0.3) is 5.82 Å². The van der Waals surface area contributed by atoms with Crippen molar-refractivity contribution in [1.82, 2.24) is 103 Å². The van der Waals surface area contributed by atoms with E-state index in [2.05, 4.69) is 194 Å². The van der Waals surface area contributed by atoms with E-state index in [1.165, 1.54) is 17.0 Å². The van der Waals surface area contributed by atoms with Gasteiger partial charge in [-0.25, -0.2) is 25.5 Å². The summed E-state index contributed by atoms with van der Waals surface area (Å²) in [5.74, 6) is 7.44. The third kappa shape index (κ3) is 25.4. The fourth-order valence-electron chi connectivity index (χ4n) is 7.00. The van der Waals surface area contributed by atoms with Gasteiger partial charge in [0.2, 0.25) is 0 Å². The molecule has 0 amide bonds. The van der Waals surface area contributed by atoms with E-state index in [1.807, 2.05) is 95.7 Å². The van der Waals surface area contributed by atoms with Crippen LogP contribution < -0.4 is 0 Å². The molecule has 0 aliphatic carbocycles. The number of hydrogen-bond acceptors (Lipinski definition) is 15. The first-order chi connectivity index (χ1) is 41.5. The Kier molecular flexibility index (Phi) is 36.0. The summed E-state index contributed by atoms with van der Waals surface area (Å²) in [5, 5.41) is 20.0. The molecule has 0 atom stereocenters. The van der Waals surface area contributed by atoms with Crippen LogP contribution in [-0.2, 0) is 143 Å². The molecule has 0 spiro atoms. The molecule has 12 aromatic heterocycles. The van der Waals surface area contributed by atoms with Crippen LogP contribution in [0.25, 0.3) is 39.8 Å². The van der Waals surface area contributed by atoms with E-state index >= 15 is 0 Å². The van der Waals surface area contributed by atoms with Crippen molar-refractivity contribution in [3.63, 3.8) is 0 Å². The predicted octanol–water partition coefficient (Wildman–Crippen LogP) is 11.2. The van der Waals surface area contributed by atoms with Gasteiger partial charge in [-0.3, -0.25) is 19.5 Å². The van der Waals surface area contributed by atoms with Crippen molar-refractivity contribution in [2.45, 2.75) is 105 Å². The first-order valence-electron chi connectivity index (χ1n) is 26.9. The summed E-state index contributed by atoms with van der Waals surface area (Å²) in [6.07, 6.45) is 26.2. The van der Waals surface area contributed by atoms with Crippen LogP contribution in [0, 0.1) is 44.5 Å². The molecule has 0 N–H and O–H groups in total. The summed E-state index contributed by atoms with van der Waals surface area (Å²) in [5.41, 5.74) is -0.0290. The molecule has 93 heavy (non-hydrogen) atoms. The van der Waals surface area contributed by atoms with Crippen molar-refractivity contribution >= 4 is 5.82 Å². The Morgan fingerprint density at radius 1 is 0.441 bits per heavy atom. The summed E-state index contributed by atoms with van der Waals surface area (Å²) in [6, 6.07) is 33.2. The summed E-state index contributed by atoms with van der Waals surface area (Å²) >= 11 is 0. The molecule has 0 aliphatic heterocycles. The van der Waals surface area contributed by atoms with Crippen molar-refractivity contribution in [3.8, 4) is 34.9 Å². The van der Waals surface area contributed by atoms with Gasteiger partial charge >= 0.3 is 6.18 Å². The molecule has 0 saturated heterocycles. The minimum Gasteiger partial charge on any atom is -0.432 e. The van der Waals surface area contributed by atoms with E-state index in [9.17, 15) is 13.2 Å². The second kappa shape index (κ2) is 39.7. The van der Waals surface area contributed by atoms with Gasteiger partial charge < -0.3 is 62.7 Å². The molecule has 12 rings (SSSR count). The monoisotopic (exact) mass is 2330 g/mol. The number of alkyl halides is 3. The van der Waals surface area contributed by atoms with Crippen LogP contribution in [0.3, 0.4) is 0 Å². The van der Waals surface area contributed by atoms with Gasteiger partial charge in [0, 0.05) is 225 Å². The SMILES string of the molecule is CC(C)(C)c1cn(-c2ccccn2)[c-]n1.CC(C)(C)c1n[c-]n(-c2ccccn2)n1.CC(C)(C)c1nn[c-]n1-c1ccccn1.CC(C)c1nn[c-]n1-c1ccccn1.FC(F)(F)c1cn(-c2ccccn2)[c-]n1.[C-]#[N+]c1cn[c-]n1-c1ccccn1.[Ir].[Ir].[Ir].[Ir].[Ir].[Ir]. The number of rotatable bonds is 7. The maximum Gasteiger partial charge on any atom is 0.391 e. The van der Waals surface area contributed by atoms with E-state index in [-0.39, 0.29) is 137 Å². The largest absolute Gasteiger partial charge is 0.432 e. The minimum absolute atomic E-state index is 0. The molecule has 0 saturated carbocycles. The number of pyridine rings is 6. The normalized spacial score (nSPS) is 10.5. The Hall–Kier alpha value is -6.87. The maximum atomic E-state index is 12.2. The first-order valence-corrected chi connectivity index (χ1v) is 26.9. The van der Waals surface area contributed by atoms with Gasteiger partial charge in [-0.2, -0.15) is 13.2 Å². The minimum atomic E-state index is -4.45. The molecule has 0 unspecified atom stereocenters. The van der Waals surface area contributed by atoms with Crippen LogP contribution in [-0.4, -0.2) is 103 Å². The second-order valence-electron chi connectivity index (χ2n) is 21.8. The Morgan fingerprint density at radius 3 is 1.23 bits per heavy atom. The van der Waals surface area contributed by atoms with Gasteiger partial charge in [0.05, 0.1) is 23.3 Å². The van der Waals surface area contributed by atoms with E-state index < -0.39 is 11.9 Å². The standard InChI is InChI=1S/C12H14N3.2C11H13N4.C10H11N4.C9H5F3N3.C9H5N4.6Ir/c1-12(2,3)10-8-15(9-14-10)11-6-4-5-7-13-11;1-11(2,3)10-14-13-8-15(10)9-6-4-5-7-12-9;1-11(2,3)10-13-8-15(14-10)9-6-4-5-7-12-9;1-8(2)10-13-12-7-14(10)9-5-3-4-6-11-9;10-9(11,12)7-5-15(6-14-7)8-3-1-2-4-13-8;1-10-9-6-11-7-13(9)8-4-2-3-5-12-8;;;;;;/h4-8H,1-3H3;2*4-7H,1-3H3;3-6,8H,1-2H3;1-5H;2-6H;;;;;;/q6*-1;;;;;;. The average molecular weight is 2320 g/mol. The number of halogens is 3. The second-order valence-corrected chi connectivity index (χ2v) is 21.8. The van der Waals surface area contributed by atoms with Crippen molar-refractivity contribution in [1.29, 1.82) is 0 Å². The van der Waals surface area contributed by atoms with Crippen molar-refractivity contribution in [2.24, 2.45) is 0 Å². The first kappa shape index (κ1) is 84.1. The molecule has 0 aliphatic rings. The van der Waals surface area contributed by atoms with Crippen LogP contribution in [0.15, 0.2) is 165 Å². The summed E-state index contributed by atoms with van der Waals surface area (Å²) in [4.78, 5) is 43.4.